The summed E-state index contributed by atoms with van der Waals surface area (Å²) >= 11 is 0. The van der Waals surface area contributed by atoms with Crippen LogP contribution in [0.3, 0.4) is 0 Å². The average molecular weight is 530 g/mol. The van der Waals surface area contributed by atoms with Gasteiger partial charge < -0.3 is 34.0 Å². The lowest BCUT2D eigenvalue weighted by Crippen LogP contribution is -2.58. The van der Waals surface area contributed by atoms with Crippen LogP contribution in [0, 0.1) is 5.82 Å². The van der Waals surface area contributed by atoms with Crippen LogP contribution in [0.25, 0.3) is 11.4 Å². The number of phenolic OH excluding ortho intramolecular Hbond substituents is 1. The summed E-state index contributed by atoms with van der Waals surface area (Å²) in [5, 5.41) is 10.4. The Kier molecular flexibility index (Phi) is 6.76. The molecule has 0 saturated carbocycles. The molecule has 0 radical (unpaired) electrons. The molecule has 0 aliphatic carbocycles. The van der Waals surface area contributed by atoms with Gasteiger partial charge in [0.2, 0.25) is 5.88 Å². The number of carbonyl (C=O) groups excluding carboxylic acids is 2. The summed E-state index contributed by atoms with van der Waals surface area (Å²) in [6.07, 6.45) is -0.453. The molecule has 2 fully saturated rings. The summed E-state index contributed by atoms with van der Waals surface area (Å²) in [5.74, 6) is -1.13. The monoisotopic (exact) mass is 529 g/mol. The van der Waals surface area contributed by atoms with Gasteiger partial charge in [0.05, 0.1) is 30.9 Å². The second kappa shape index (κ2) is 9.90. The lowest BCUT2D eigenvalue weighted by atomic mass is 10.1. The Labute approximate surface area is 220 Å². The molecule has 2 aromatic rings. The van der Waals surface area contributed by atoms with Crippen LogP contribution in [0.2, 0.25) is 0 Å². The number of piperazine rings is 1. The van der Waals surface area contributed by atoms with Gasteiger partial charge in [-0.15, -0.1) is 0 Å². The maximum atomic E-state index is 14.8. The number of halogens is 1. The van der Waals surface area contributed by atoms with Crippen LogP contribution in [0.4, 0.5) is 15.0 Å². The van der Waals surface area contributed by atoms with Crippen molar-refractivity contribution in [2.45, 2.75) is 45.4 Å². The molecule has 5 rings (SSSR count). The number of aromatic nitrogens is 2. The summed E-state index contributed by atoms with van der Waals surface area (Å²) < 4.78 is 32.0. The van der Waals surface area contributed by atoms with Gasteiger partial charge in [-0.25, -0.2) is 14.2 Å². The minimum atomic E-state index is -0.698. The molecular formula is C26H32FN5O6. The van der Waals surface area contributed by atoms with E-state index in [1.165, 1.54) is 18.2 Å². The number of hydrogen-bond acceptors (Lipinski definition) is 9. The molecule has 204 valence electrons. The molecule has 0 bridgehead atoms. The number of aromatic hydroxyl groups is 1. The van der Waals surface area contributed by atoms with E-state index in [2.05, 4.69) is 9.97 Å². The van der Waals surface area contributed by atoms with E-state index in [1.807, 2.05) is 11.8 Å². The van der Waals surface area contributed by atoms with E-state index in [-0.39, 0.29) is 60.2 Å². The predicted octanol–water partition coefficient (Wildman–Crippen LogP) is 2.67. The van der Waals surface area contributed by atoms with Crippen molar-refractivity contribution in [3.63, 3.8) is 0 Å². The fourth-order valence-corrected chi connectivity index (χ4v) is 4.89. The Morgan fingerprint density at radius 1 is 1.13 bits per heavy atom. The third-order valence-electron chi connectivity index (χ3n) is 6.73. The van der Waals surface area contributed by atoms with Crippen LogP contribution in [0.5, 0.6) is 11.6 Å². The Bertz CT molecular complexity index is 1230. The number of ether oxygens (including phenoxy) is 3. The molecule has 3 aliphatic heterocycles. The maximum absolute atomic E-state index is 14.8. The second-order valence-electron chi connectivity index (χ2n) is 10.7. The van der Waals surface area contributed by atoms with Gasteiger partial charge in [0.1, 0.15) is 35.2 Å². The fraction of sp³-hybridized carbons (Fsp3) is 0.538. The molecular weight excluding hydrogens is 497 g/mol. The Morgan fingerprint density at radius 3 is 2.63 bits per heavy atom. The Balaban J connectivity index is 1.54. The van der Waals surface area contributed by atoms with Crippen LogP contribution in [-0.2, 0) is 9.47 Å². The number of nitrogens with zero attached hydrogens (tertiary/aromatic N) is 5. The van der Waals surface area contributed by atoms with E-state index in [0.717, 1.165) is 0 Å². The second-order valence-corrected chi connectivity index (χ2v) is 10.7. The van der Waals surface area contributed by atoms with E-state index in [1.54, 1.807) is 30.6 Å². The van der Waals surface area contributed by atoms with E-state index in [4.69, 9.17) is 14.2 Å². The first-order valence-corrected chi connectivity index (χ1v) is 12.7. The van der Waals surface area contributed by atoms with Gasteiger partial charge in [0, 0.05) is 26.2 Å². The van der Waals surface area contributed by atoms with Gasteiger partial charge >= 0.3 is 6.09 Å². The van der Waals surface area contributed by atoms with Gasteiger partial charge in [-0.05, 0) is 39.8 Å². The summed E-state index contributed by atoms with van der Waals surface area (Å²) in [5.41, 5.74) is -0.646. The highest BCUT2D eigenvalue weighted by Crippen LogP contribution is 2.38. The number of carbonyl (C=O) groups is 2. The first-order chi connectivity index (χ1) is 18.0. The van der Waals surface area contributed by atoms with Crippen molar-refractivity contribution in [1.29, 1.82) is 0 Å². The molecule has 0 unspecified atom stereocenters. The third kappa shape index (κ3) is 4.92. The zero-order chi connectivity index (χ0) is 27.2. The Hall–Kier alpha value is -3.67. The summed E-state index contributed by atoms with van der Waals surface area (Å²) in [7, 11) is 0. The number of hydrogen-bond donors (Lipinski definition) is 1. The van der Waals surface area contributed by atoms with E-state index in [0.29, 0.717) is 32.1 Å². The molecule has 1 aromatic heterocycles. The normalized spacial score (nSPS) is 21.8. The molecule has 3 aliphatic rings. The lowest BCUT2D eigenvalue weighted by molar-refractivity contribution is 0.000854. The summed E-state index contributed by atoms with van der Waals surface area (Å²) in [4.78, 5) is 40.9. The van der Waals surface area contributed by atoms with Crippen molar-refractivity contribution in [3.8, 4) is 23.0 Å². The molecule has 2 saturated heterocycles. The van der Waals surface area contributed by atoms with Crippen molar-refractivity contribution < 1.29 is 33.3 Å². The van der Waals surface area contributed by atoms with E-state index in [9.17, 15) is 19.1 Å². The van der Waals surface area contributed by atoms with Crippen LogP contribution in [0.1, 0.15) is 38.1 Å². The zero-order valence-corrected chi connectivity index (χ0v) is 21.9. The minimum absolute atomic E-state index is 0.00885. The highest BCUT2D eigenvalue weighted by molar-refractivity contribution is 6.02. The van der Waals surface area contributed by atoms with E-state index < -0.39 is 23.6 Å². The van der Waals surface area contributed by atoms with Gasteiger partial charge in [0.25, 0.3) is 5.91 Å². The maximum Gasteiger partial charge on any atom is 0.410 e. The lowest BCUT2D eigenvalue weighted by Gasteiger charge is -2.40. The van der Waals surface area contributed by atoms with Gasteiger partial charge in [0.15, 0.2) is 5.82 Å². The van der Waals surface area contributed by atoms with Crippen molar-refractivity contribution in [1.82, 2.24) is 19.8 Å². The van der Waals surface area contributed by atoms with Crippen LogP contribution < -0.4 is 9.64 Å². The SMILES string of the molecule is C[C@H]1COCCN1c1nc(-c2c(O)cccc2F)nc2c1C(=O)N1CCN(C(=O)OC(C)(C)C)C[C@@H]1CO2. The minimum Gasteiger partial charge on any atom is -0.507 e. The van der Waals surface area contributed by atoms with Crippen LogP contribution in [-0.4, -0.2) is 101 Å². The van der Waals surface area contributed by atoms with Crippen LogP contribution >= 0.6 is 0 Å². The molecule has 2 atom stereocenters. The topological polar surface area (TPSA) is 118 Å². The number of anilines is 1. The number of morpholine rings is 1. The highest BCUT2D eigenvalue weighted by Gasteiger charge is 2.41. The van der Waals surface area contributed by atoms with Gasteiger partial charge in [-0.3, -0.25) is 4.79 Å². The molecule has 38 heavy (non-hydrogen) atoms. The van der Waals surface area contributed by atoms with E-state index >= 15 is 0 Å². The van der Waals surface area contributed by atoms with Crippen molar-refractivity contribution >= 4 is 17.8 Å². The Morgan fingerprint density at radius 2 is 1.92 bits per heavy atom. The number of benzene rings is 1. The fourth-order valence-electron chi connectivity index (χ4n) is 4.89. The largest absolute Gasteiger partial charge is 0.507 e. The average Bonchev–Trinajstić information content (AvgIpc) is 2.99. The number of rotatable bonds is 2. The molecule has 1 aromatic carbocycles. The summed E-state index contributed by atoms with van der Waals surface area (Å²) in [6, 6.07) is 3.37. The first-order valence-electron chi connectivity index (χ1n) is 12.7. The molecule has 2 amide bonds. The number of phenols is 1. The van der Waals surface area contributed by atoms with Gasteiger partial charge in [-0.1, -0.05) is 6.07 Å². The quantitative estimate of drug-likeness (QED) is 0.627. The predicted molar refractivity (Wildman–Crippen MR) is 135 cm³/mol. The molecule has 11 nitrogen and oxygen atoms in total. The zero-order valence-electron chi connectivity index (χ0n) is 21.9. The number of amides is 2. The molecule has 0 spiro atoms. The molecule has 4 heterocycles. The number of fused-ring (bicyclic) bond motifs is 2. The highest BCUT2D eigenvalue weighted by atomic mass is 19.1. The van der Waals surface area contributed by atoms with Crippen molar-refractivity contribution in [3.05, 3.63) is 29.6 Å². The standard InChI is InChI=1S/C26H32FN5O6/c1-15-13-36-11-10-31(15)22-20-23(29-21(28-22)19-17(27)6-5-7-18(19)33)37-14-16-12-30(8-9-32(16)24(20)34)25(35)38-26(2,3)4/h5-7,15-16,33H,8-14H2,1-4H3/t15-,16+/m0/s1. The summed E-state index contributed by atoms with van der Waals surface area (Å²) in [6.45, 7) is 9.52. The van der Waals surface area contributed by atoms with Crippen LogP contribution in [0.15, 0.2) is 18.2 Å². The molecule has 1 N–H and O–H groups in total. The van der Waals surface area contributed by atoms with Crippen molar-refractivity contribution in [2.75, 3.05) is 50.9 Å². The molecule has 12 heteroatoms. The third-order valence-corrected chi connectivity index (χ3v) is 6.73. The first kappa shape index (κ1) is 26.0. The van der Waals surface area contributed by atoms with Crippen molar-refractivity contribution in [2.24, 2.45) is 0 Å². The smallest absolute Gasteiger partial charge is 0.410 e. The van der Waals surface area contributed by atoms with Gasteiger partial charge in [-0.2, -0.15) is 4.98 Å².